The van der Waals surface area contributed by atoms with Gasteiger partial charge < -0.3 is 5.73 Å². The lowest BCUT2D eigenvalue weighted by molar-refractivity contribution is -0.0725. The Labute approximate surface area is 112 Å². The lowest BCUT2D eigenvalue weighted by Gasteiger charge is -2.57. The average molecular weight is 250 g/mol. The highest BCUT2D eigenvalue weighted by atomic mass is 15.2. The molecule has 4 aliphatic rings. The standard InChI is InChI=1S/C16H30N2/c1-10(2)18(3)15(9-17)16-13-5-11-4-12(7-13)8-14(16)6-11/h10-16H,4-9,17H2,1-3H3. The molecular formula is C16H30N2. The maximum atomic E-state index is 6.15. The fraction of sp³-hybridized carbons (Fsp3) is 1.00. The van der Waals surface area contributed by atoms with Crippen LogP contribution in [0.3, 0.4) is 0 Å². The molecule has 0 heterocycles. The molecule has 0 aliphatic heterocycles. The van der Waals surface area contributed by atoms with E-state index in [1.807, 2.05) is 0 Å². The number of hydrogen-bond acceptors (Lipinski definition) is 2. The first-order valence-corrected chi connectivity index (χ1v) is 8.02. The van der Waals surface area contributed by atoms with Crippen LogP contribution in [0.1, 0.15) is 46.0 Å². The first-order valence-electron chi connectivity index (χ1n) is 8.02. The molecule has 4 bridgehead atoms. The van der Waals surface area contributed by atoms with Crippen LogP contribution in [0, 0.1) is 29.6 Å². The van der Waals surface area contributed by atoms with Crippen LogP contribution in [0.2, 0.25) is 0 Å². The van der Waals surface area contributed by atoms with Gasteiger partial charge in [-0.25, -0.2) is 0 Å². The van der Waals surface area contributed by atoms with Gasteiger partial charge in [0.2, 0.25) is 0 Å². The third kappa shape index (κ3) is 2.02. The van der Waals surface area contributed by atoms with E-state index in [-0.39, 0.29) is 0 Å². The molecule has 4 rings (SSSR count). The van der Waals surface area contributed by atoms with Gasteiger partial charge >= 0.3 is 0 Å². The van der Waals surface area contributed by atoms with Crippen molar-refractivity contribution in [1.82, 2.24) is 4.90 Å². The molecule has 4 saturated carbocycles. The van der Waals surface area contributed by atoms with Gasteiger partial charge in [0.15, 0.2) is 0 Å². The Hall–Kier alpha value is -0.0800. The molecule has 0 aromatic carbocycles. The van der Waals surface area contributed by atoms with Gasteiger partial charge in [-0.05, 0) is 82.6 Å². The van der Waals surface area contributed by atoms with Crippen LogP contribution in [0.5, 0.6) is 0 Å². The number of nitrogens with zero attached hydrogens (tertiary/aromatic N) is 1. The minimum absolute atomic E-state index is 0.621. The Morgan fingerprint density at radius 2 is 1.50 bits per heavy atom. The van der Waals surface area contributed by atoms with Crippen LogP contribution >= 0.6 is 0 Å². The molecule has 0 aromatic rings. The zero-order valence-electron chi connectivity index (χ0n) is 12.3. The summed E-state index contributed by atoms with van der Waals surface area (Å²) >= 11 is 0. The molecule has 0 amide bonds. The topological polar surface area (TPSA) is 29.3 Å². The minimum atomic E-state index is 0.621. The summed E-state index contributed by atoms with van der Waals surface area (Å²) in [5.74, 6) is 5.04. The first-order chi connectivity index (χ1) is 8.60. The van der Waals surface area contributed by atoms with Crippen molar-refractivity contribution < 1.29 is 0 Å². The molecule has 0 spiro atoms. The zero-order chi connectivity index (χ0) is 12.9. The lowest BCUT2D eigenvalue weighted by atomic mass is 9.50. The van der Waals surface area contributed by atoms with Crippen molar-refractivity contribution in [2.45, 2.75) is 58.0 Å². The summed E-state index contributed by atoms with van der Waals surface area (Å²) in [7, 11) is 2.28. The molecule has 0 aromatic heterocycles. The van der Waals surface area contributed by atoms with Gasteiger partial charge in [-0.3, -0.25) is 4.90 Å². The minimum Gasteiger partial charge on any atom is -0.329 e. The summed E-state index contributed by atoms with van der Waals surface area (Å²) < 4.78 is 0. The third-order valence-corrected chi connectivity index (χ3v) is 6.32. The maximum Gasteiger partial charge on any atom is 0.0251 e. The van der Waals surface area contributed by atoms with Gasteiger partial charge in [-0.1, -0.05) is 0 Å². The largest absolute Gasteiger partial charge is 0.329 e. The van der Waals surface area contributed by atoms with Crippen molar-refractivity contribution in [2.75, 3.05) is 13.6 Å². The van der Waals surface area contributed by atoms with Gasteiger partial charge in [0.25, 0.3) is 0 Å². The van der Waals surface area contributed by atoms with Crippen LogP contribution < -0.4 is 5.73 Å². The Bertz CT molecular complexity index is 271. The molecule has 0 radical (unpaired) electrons. The first kappa shape index (κ1) is 12.9. The monoisotopic (exact) mass is 250 g/mol. The number of nitrogens with two attached hydrogens (primary N) is 1. The van der Waals surface area contributed by atoms with Crippen molar-refractivity contribution in [1.29, 1.82) is 0 Å². The number of rotatable bonds is 4. The fourth-order valence-corrected chi connectivity index (χ4v) is 5.57. The van der Waals surface area contributed by atoms with Crippen molar-refractivity contribution in [3.8, 4) is 0 Å². The Morgan fingerprint density at radius 1 is 1.00 bits per heavy atom. The second-order valence-corrected chi connectivity index (χ2v) is 7.57. The van der Waals surface area contributed by atoms with Gasteiger partial charge in [-0.15, -0.1) is 0 Å². The molecule has 0 saturated heterocycles. The predicted molar refractivity (Wildman–Crippen MR) is 76.3 cm³/mol. The SMILES string of the molecule is CC(C)N(C)C(CN)C1C2CC3CC(C2)CC1C3. The number of likely N-dealkylation sites (N-methyl/N-ethyl adjacent to an activating group) is 1. The highest BCUT2D eigenvalue weighted by molar-refractivity contribution is 5.02. The molecular weight excluding hydrogens is 220 g/mol. The van der Waals surface area contributed by atoms with E-state index in [2.05, 4.69) is 25.8 Å². The van der Waals surface area contributed by atoms with E-state index >= 15 is 0 Å². The van der Waals surface area contributed by atoms with E-state index < -0.39 is 0 Å². The molecule has 2 N–H and O–H groups in total. The summed E-state index contributed by atoms with van der Waals surface area (Å²) in [5.41, 5.74) is 6.15. The summed E-state index contributed by atoms with van der Waals surface area (Å²) in [5, 5.41) is 0. The smallest absolute Gasteiger partial charge is 0.0251 e. The van der Waals surface area contributed by atoms with Crippen LogP contribution in [0.15, 0.2) is 0 Å². The second kappa shape index (κ2) is 4.79. The van der Waals surface area contributed by atoms with E-state index in [4.69, 9.17) is 5.73 Å². The summed E-state index contributed by atoms with van der Waals surface area (Å²) in [6.45, 7) is 5.46. The van der Waals surface area contributed by atoms with Crippen molar-refractivity contribution in [3.05, 3.63) is 0 Å². The van der Waals surface area contributed by atoms with E-state index in [9.17, 15) is 0 Å². The van der Waals surface area contributed by atoms with Gasteiger partial charge in [0.1, 0.15) is 0 Å². The molecule has 2 heteroatoms. The van der Waals surface area contributed by atoms with E-state index in [1.54, 1.807) is 6.42 Å². The molecule has 18 heavy (non-hydrogen) atoms. The Kier molecular flexibility index (Phi) is 3.44. The van der Waals surface area contributed by atoms with Gasteiger partial charge in [-0.2, -0.15) is 0 Å². The molecule has 1 atom stereocenters. The second-order valence-electron chi connectivity index (χ2n) is 7.57. The molecule has 2 nitrogen and oxygen atoms in total. The van der Waals surface area contributed by atoms with Crippen LogP contribution in [0.4, 0.5) is 0 Å². The molecule has 104 valence electrons. The summed E-state index contributed by atoms with van der Waals surface area (Å²) in [6, 6.07) is 1.25. The summed E-state index contributed by atoms with van der Waals surface area (Å²) in [6.07, 6.45) is 7.60. The number of hydrogen-bond donors (Lipinski definition) is 1. The fourth-order valence-electron chi connectivity index (χ4n) is 5.57. The Balaban J connectivity index is 1.78. The molecule has 4 fully saturated rings. The highest BCUT2D eigenvalue weighted by Crippen LogP contribution is 2.57. The van der Waals surface area contributed by atoms with E-state index in [1.165, 1.54) is 25.7 Å². The van der Waals surface area contributed by atoms with Crippen molar-refractivity contribution >= 4 is 0 Å². The van der Waals surface area contributed by atoms with Crippen LogP contribution in [-0.2, 0) is 0 Å². The molecule has 1 unspecified atom stereocenters. The highest BCUT2D eigenvalue weighted by Gasteiger charge is 2.50. The van der Waals surface area contributed by atoms with E-state index in [0.717, 1.165) is 36.1 Å². The van der Waals surface area contributed by atoms with E-state index in [0.29, 0.717) is 12.1 Å². The lowest BCUT2D eigenvalue weighted by Crippen LogP contribution is -2.56. The summed E-state index contributed by atoms with van der Waals surface area (Å²) in [4.78, 5) is 2.55. The van der Waals surface area contributed by atoms with Gasteiger partial charge in [0, 0.05) is 18.6 Å². The maximum absolute atomic E-state index is 6.15. The van der Waals surface area contributed by atoms with Crippen molar-refractivity contribution in [3.63, 3.8) is 0 Å². The normalized spacial score (nSPS) is 44.0. The molecule has 4 aliphatic carbocycles. The van der Waals surface area contributed by atoms with Crippen LogP contribution in [-0.4, -0.2) is 30.6 Å². The Morgan fingerprint density at radius 3 is 1.89 bits per heavy atom. The predicted octanol–water partition coefficient (Wildman–Crippen LogP) is 2.73. The third-order valence-electron chi connectivity index (χ3n) is 6.32. The van der Waals surface area contributed by atoms with Crippen molar-refractivity contribution in [2.24, 2.45) is 35.3 Å². The van der Waals surface area contributed by atoms with Crippen LogP contribution in [0.25, 0.3) is 0 Å². The quantitative estimate of drug-likeness (QED) is 0.831. The van der Waals surface area contributed by atoms with Gasteiger partial charge in [0.05, 0.1) is 0 Å². The average Bonchev–Trinajstić information content (AvgIpc) is 2.32. The zero-order valence-corrected chi connectivity index (χ0v) is 12.3.